The van der Waals surface area contributed by atoms with Crippen molar-refractivity contribution in [3.05, 3.63) is 24.0 Å². The van der Waals surface area contributed by atoms with Crippen molar-refractivity contribution in [1.82, 2.24) is 9.55 Å². The molecule has 1 rings (SSSR count). The van der Waals surface area contributed by atoms with Crippen LogP contribution in [0.3, 0.4) is 0 Å². The quantitative estimate of drug-likeness (QED) is 0.563. The van der Waals surface area contributed by atoms with Crippen LogP contribution in [0.2, 0.25) is 0 Å². The lowest BCUT2D eigenvalue weighted by Gasteiger charge is -2.11. The second-order valence-electron chi connectivity index (χ2n) is 4.17. The van der Waals surface area contributed by atoms with Gasteiger partial charge in [-0.2, -0.15) is 0 Å². The summed E-state index contributed by atoms with van der Waals surface area (Å²) in [7, 11) is 0. The number of aromatic nitrogens is 2. The molecule has 0 aromatic carbocycles. The van der Waals surface area contributed by atoms with Crippen LogP contribution in [-0.4, -0.2) is 15.3 Å². The van der Waals surface area contributed by atoms with Crippen molar-refractivity contribution in [2.24, 2.45) is 5.92 Å². The average Bonchev–Trinajstić information content (AvgIpc) is 2.42. The molecule has 0 bridgehead atoms. The van der Waals surface area contributed by atoms with Crippen molar-refractivity contribution in [2.75, 3.05) is 5.75 Å². The lowest BCUT2D eigenvalue weighted by Crippen LogP contribution is -2.07. The molecule has 0 saturated carbocycles. The fourth-order valence-corrected chi connectivity index (χ4v) is 2.28. The van der Waals surface area contributed by atoms with Crippen LogP contribution in [0.5, 0.6) is 0 Å². The summed E-state index contributed by atoms with van der Waals surface area (Å²) < 4.78 is 2.31. The van der Waals surface area contributed by atoms with Crippen molar-refractivity contribution in [2.45, 2.75) is 39.4 Å². The minimum Gasteiger partial charge on any atom is -0.323 e. The first kappa shape index (κ1) is 12.4. The van der Waals surface area contributed by atoms with Gasteiger partial charge < -0.3 is 4.57 Å². The van der Waals surface area contributed by atoms with Gasteiger partial charge in [0.2, 0.25) is 0 Å². The molecular weight excluding hydrogens is 204 g/mol. The molecule has 0 aliphatic carbocycles. The molecular formula is C12H20N2S. The van der Waals surface area contributed by atoms with E-state index in [-0.39, 0.29) is 0 Å². The Hall–Kier alpha value is -0.700. The van der Waals surface area contributed by atoms with Gasteiger partial charge in [0.25, 0.3) is 0 Å². The van der Waals surface area contributed by atoms with Crippen LogP contribution in [-0.2, 0) is 6.54 Å². The molecule has 2 nitrogen and oxygen atoms in total. The number of rotatable bonds is 5. The number of imidazole rings is 1. The molecule has 1 heterocycles. The fraction of sp³-hybridized carbons (Fsp3) is 0.583. The van der Waals surface area contributed by atoms with Crippen LogP contribution in [0.1, 0.15) is 25.2 Å². The summed E-state index contributed by atoms with van der Waals surface area (Å²) in [5.41, 5.74) is 2.43. The number of nitrogens with zero attached hydrogens (tertiary/aromatic N) is 2. The van der Waals surface area contributed by atoms with Gasteiger partial charge in [-0.15, -0.1) is 6.58 Å². The highest BCUT2D eigenvalue weighted by atomic mass is 32.2. The van der Waals surface area contributed by atoms with Gasteiger partial charge in [0, 0.05) is 18.0 Å². The first-order chi connectivity index (χ1) is 7.06. The summed E-state index contributed by atoms with van der Waals surface area (Å²) in [6.45, 7) is 13.5. The van der Waals surface area contributed by atoms with E-state index >= 15 is 0 Å². The van der Waals surface area contributed by atoms with E-state index in [1.165, 1.54) is 5.69 Å². The molecule has 84 valence electrons. The predicted octanol–water partition coefficient (Wildman–Crippen LogP) is 3.43. The second kappa shape index (κ2) is 5.40. The Kier molecular flexibility index (Phi) is 4.45. The lowest BCUT2D eigenvalue weighted by atomic mass is 10.2. The van der Waals surface area contributed by atoms with Crippen molar-refractivity contribution >= 4 is 11.8 Å². The van der Waals surface area contributed by atoms with E-state index in [1.54, 1.807) is 11.8 Å². The Morgan fingerprint density at radius 1 is 1.47 bits per heavy atom. The Morgan fingerprint density at radius 2 is 2.13 bits per heavy atom. The Bertz CT molecular complexity index is 340. The molecule has 0 N–H and O–H groups in total. The van der Waals surface area contributed by atoms with Gasteiger partial charge >= 0.3 is 0 Å². The predicted molar refractivity (Wildman–Crippen MR) is 67.5 cm³/mol. The molecule has 0 atom stereocenters. The maximum absolute atomic E-state index is 4.58. The molecule has 1 aromatic rings. The molecule has 15 heavy (non-hydrogen) atoms. The summed E-state index contributed by atoms with van der Waals surface area (Å²) in [4.78, 5) is 4.58. The molecule has 0 aliphatic heterocycles. The molecule has 0 amide bonds. The van der Waals surface area contributed by atoms with Gasteiger partial charge in [-0.25, -0.2) is 4.98 Å². The Labute approximate surface area is 96.8 Å². The van der Waals surface area contributed by atoms with Gasteiger partial charge in [-0.3, -0.25) is 0 Å². The zero-order chi connectivity index (χ0) is 11.4. The van der Waals surface area contributed by atoms with Crippen LogP contribution < -0.4 is 0 Å². The maximum atomic E-state index is 4.58. The van der Waals surface area contributed by atoms with Crippen molar-refractivity contribution < 1.29 is 0 Å². The van der Waals surface area contributed by atoms with Crippen LogP contribution >= 0.6 is 11.8 Å². The van der Waals surface area contributed by atoms with E-state index < -0.39 is 0 Å². The molecule has 0 aliphatic rings. The third-order valence-electron chi connectivity index (χ3n) is 2.30. The van der Waals surface area contributed by atoms with Crippen LogP contribution in [0.25, 0.3) is 0 Å². The smallest absolute Gasteiger partial charge is 0.168 e. The molecule has 0 spiro atoms. The summed E-state index contributed by atoms with van der Waals surface area (Å²) in [5, 5.41) is 1.12. The molecule has 0 fully saturated rings. The number of hydrogen-bond acceptors (Lipinski definition) is 2. The first-order valence-electron chi connectivity index (χ1n) is 5.33. The van der Waals surface area contributed by atoms with E-state index in [0.717, 1.165) is 23.1 Å². The van der Waals surface area contributed by atoms with Gasteiger partial charge in [0.1, 0.15) is 0 Å². The van der Waals surface area contributed by atoms with Gasteiger partial charge in [0.05, 0.1) is 5.69 Å². The summed E-state index contributed by atoms with van der Waals surface area (Å²) in [6.07, 6.45) is 1.92. The summed E-state index contributed by atoms with van der Waals surface area (Å²) >= 11 is 1.76. The highest BCUT2D eigenvalue weighted by Gasteiger charge is 2.11. The highest BCUT2D eigenvalue weighted by molar-refractivity contribution is 7.99. The second-order valence-corrected chi connectivity index (χ2v) is 5.16. The number of aryl methyl sites for hydroxylation is 1. The summed E-state index contributed by atoms with van der Waals surface area (Å²) in [6, 6.07) is 0. The van der Waals surface area contributed by atoms with Crippen molar-refractivity contribution in [1.29, 1.82) is 0 Å². The van der Waals surface area contributed by atoms with E-state index in [2.05, 4.69) is 43.8 Å². The molecule has 0 unspecified atom stereocenters. The van der Waals surface area contributed by atoms with Crippen LogP contribution in [0.4, 0.5) is 0 Å². The normalized spacial score (nSPS) is 11.0. The largest absolute Gasteiger partial charge is 0.323 e. The lowest BCUT2D eigenvalue weighted by molar-refractivity contribution is 0.486. The minimum atomic E-state index is 0.653. The van der Waals surface area contributed by atoms with E-state index in [1.807, 2.05) is 6.08 Å². The van der Waals surface area contributed by atoms with Gasteiger partial charge in [-0.05, 0) is 19.8 Å². The molecule has 0 radical (unpaired) electrons. The molecule has 1 aromatic heterocycles. The summed E-state index contributed by atoms with van der Waals surface area (Å²) in [5.74, 6) is 1.58. The van der Waals surface area contributed by atoms with Crippen molar-refractivity contribution in [3.63, 3.8) is 0 Å². The standard InChI is InChI=1S/C12H20N2S/c1-6-7-15-12-13-10(4)11(5)14(12)8-9(2)3/h6,9H,1,7-8H2,2-5H3. The SMILES string of the molecule is C=CCSc1nc(C)c(C)n1CC(C)C. The maximum Gasteiger partial charge on any atom is 0.168 e. The number of thioether (sulfide) groups is 1. The topological polar surface area (TPSA) is 17.8 Å². The van der Waals surface area contributed by atoms with E-state index in [9.17, 15) is 0 Å². The van der Waals surface area contributed by atoms with E-state index in [4.69, 9.17) is 0 Å². The minimum absolute atomic E-state index is 0.653. The Morgan fingerprint density at radius 3 is 2.67 bits per heavy atom. The zero-order valence-corrected chi connectivity index (χ0v) is 10.9. The monoisotopic (exact) mass is 224 g/mol. The van der Waals surface area contributed by atoms with Crippen LogP contribution in [0.15, 0.2) is 17.8 Å². The highest BCUT2D eigenvalue weighted by Crippen LogP contribution is 2.22. The van der Waals surface area contributed by atoms with Crippen molar-refractivity contribution in [3.8, 4) is 0 Å². The van der Waals surface area contributed by atoms with Crippen LogP contribution in [0, 0.1) is 19.8 Å². The Balaban J connectivity index is 2.92. The van der Waals surface area contributed by atoms with E-state index in [0.29, 0.717) is 5.92 Å². The third-order valence-corrected chi connectivity index (χ3v) is 3.27. The first-order valence-corrected chi connectivity index (χ1v) is 6.32. The fourth-order valence-electron chi connectivity index (χ4n) is 1.45. The third kappa shape index (κ3) is 3.13. The molecule has 3 heteroatoms. The van der Waals surface area contributed by atoms with Gasteiger partial charge in [0.15, 0.2) is 5.16 Å². The van der Waals surface area contributed by atoms with Gasteiger partial charge in [-0.1, -0.05) is 31.7 Å². The number of hydrogen-bond donors (Lipinski definition) is 0. The molecule has 0 saturated heterocycles. The zero-order valence-electron chi connectivity index (χ0n) is 10.1. The average molecular weight is 224 g/mol.